The highest BCUT2D eigenvalue weighted by Gasteiger charge is 2.15. The molecule has 3 aromatic rings. The molecule has 3 rings (SSSR count). The number of fused-ring (bicyclic) bond motifs is 1. The van der Waals surface area contributed by atoms with Crippen molar-refractivity contribution >= 4 is 29.1 Å². The Kier molecular flexibility index (Phi) is 5.39. The maximum atomic E-state index is 12.1. The molecule has 0 saturated heterocycles. The number of hydrogen-bond acceptors (Lipinski definition) is 5. The average molecular weight is 380 g/mol. The normalized spacial score (nSPS) is 10.5. The van der Waals surface area contributed by atoms with E-state index in [0.717, 1.165) is 5.69 Å². The van der Waals surface area contributed by atoms with Gasteiger partial charge in [-0.3, -0.25) is 9.59 Å². The van der Waals surface area contributed by atoms with Gasteiger partial charge in [-0.2, -0.15) is 0 Å². The minimum Gasteiger partial charge on any atom is -0.451 e. The number of carbonyl (C=O) groups excluding carboxylic acids is 3. The number of esters is 1. The molecular formula is C20H20N4O4. The zero-order valence-electron chi connectivity index (χ0n) is 15.8. The van der Waals surface area contributed by atoms with Crippen LogP contribution in [-0.4, -0.2) is 52.8 Å². The fourth-order valence-electron chi connectivity index (χ4n) is 2.60. The van der Waals surface area contributed by atoms with Gasteiger partial charge in [-0.1, -0.05) is 6.07 Å². The molecule has 28 heavy (non-hydrogen) atoms. The second-order valence-electron chi connectivity index (χ2n) is 6.42. The molecule has 0 spiro atoms. The quantitative estimate of drug-likeness (QED) is 0.685. The lowest BCUT2D eigenvalue weighted by molar-refractivity contribution is -0.119. The second-order valence-corrected chi connectivity index (χ2v) is 6.42. The number of ether oxygens (including phenoxy) is 1. The van der Waals surface area contributed by atoms with Gasteiger partial charge in [0, 0.05) is 37.2 Å². The molecule has 0 aliphatic rings. The van der Waals surface area contributed by atoms with Crippen LogP contribution >= 0.6 is 0 Å². The van der Waals surface area contributed by atoms with Gasteiger partial charge in [-0.15, -0.1) is 0 Å². The van der Waals surface area contributed by atoms with Crippen LogP contribution < -0.4 is 5.32 Å². The van der Waals surface area contributed by atoms with Crippen molar-refractivity contribution in [2.45, 2.75) is 6.92 Å². The Bertz CT molecular complexity index is 1040. The second kappa shape index (κ2) is 7.91. The number of aryl methyl sites for hydroxylation is 1. The summed E-state index contributed by atoms with van der Waals surface area (Å²) >= 11 is 0. The molecule has 0 aliphatic carbocycles. The highest BCUT2D eigenvalue weighted by atomic mass is 16.5. The first-order chi connectivity index (χ1) is 13.3. The number of hydrogen-bond donors (Lipinski definition) is 1. The SMILES string of the molecule is Cc1cccc2nc(C(=O)OCC(=O)Nc3ccc(C(=O)N(C)C)cc3)cn12. The van der Waals surface area contributed by atoms with Gasteiger partial charge < -0.3 is 19.4 Å². The van der Waals surface area contributed by atoms with E-state index in [-0.39, 0.29) is 11.6 Å². The van der Waals surface area contributed by atoms with E-state index in [9.17, 15) is 14.4 Å². The van der Waals surface area contributed by atoms with Crippen LogP contribution in [0.15, 0.2) is 48.7 Å². The standard InChI is InChI=1S/C20H20N4O4/c1-13-5-4-6-17-22-16(11-24(13)17)20(27)28-12-18(25)21-15-9-7-14(8-10-15)19(26)23(2)3/h4-11H,12H2,1-3H3,(H,21,25). The number of nitrogens with one attached hydrogen (secondary N) is 1. The first-order valence-electron chi connectivity index (χ1n) is 8.58. The average Bonchev–Trinajstić information content (AvgIpc) is 3.12. The highest BCUT2D eigenvalue weighted by molar-refractivity contribution is 5.97. The van der Waals surface area contributed by atoms with Crippen LogP contribution in [0.1, 0.15) is 26.5 Å². The number of rotatable bonds is 5. The topological polar surface area (TPSA) is 93.0 Å². The number of nitrogens with zero attached hydrogens (tertiary/aromatic N) is 3. The van der Waals surface area contributed by atoms with Gasteiger partial charge in [0.2, 0.25) is 0 Å². The Morgan fingerprint density at radius 2 is 1.82 bits per heavy atom. The van der Waals surface area contributed by atoms with Crippen molar-refractivity contribution in [2.75, 3.05) is 26.0 Å². The summed E-state index contributed by atoms with van der Waals surface area (Å²) < 4.78 is 6.81. The molecule has 8 nitrogen and oxygen atoms in total. The van der Waals surface area contributed by atoms with E-state index in [4.69, 9.17) is 4.74 Å². The number of aromatic nitrogens is 2. The first-order valence-corrected chi connectivity index (χ1v) is 8.58. The van der Waals surface area contributed by atoms with Crippen molar-refractivity contribution in [1.82, 2.24) is 14.3 Å². The van der Waals surface area contributed by atoms with Gasteiger partial charge in [0.1, 0.15) is 5.65 Å². The Morgan fingerprint density at radius 3 is 2.46 bits per heavy atom. The molecule has 2 amide bonds. The van der Waals surface area contributed by atoms with Crippen molar-refractivity contribution in [3.63, 3.8) is 0 Å². The lowest BCUT2D eigenvalue weighted by Crippen LogP contribution is -2.22. The molecule has 2 heterocycles. The first kappa shape index (κ1) is 19.1. The highest BCUT2D eigenvalue weighted by Crippen LogP contribution is 2.12. The number of amides is 2. The van der Waals surface area contributed by atoms with Crippen molar-refractivity contribution in [3.05, 3.63) is 65.6 Å². The predicted molar refractivity (Wildman–Crippen MR) is 103 cm³/mol. The third kappa shape index (κ3) is 4.17. The Hall–Kier alpha value is -3.68. The minimum atomic E-state index is -0.676. The minimum absolute atomic E-state index is 0.130. The smallest absolute Gasteiger partial charge is 0.359 e. The van der Waals surface area contributed by atoms with Gasteiger partial charge in [-0.25, -0.2) is 9.78 Å². The predicted octanol–water partition coefficient (Wildman–Crippen LogP) is 2.14. The summed E-state index contributed by atoms with van der Waals surface area (Å²) in [6.45, 7) is 1.46. The van der Waals surface area contributed by atoms with Crippen LogP contribution in [0.2, 0.25) is 0 Å². The van der Waals surface area contributed by atoms with E-state index < -0.39 is 18.5 Å². The Morgan fingerprint density at radius 1 is 1.11 bits per heavy atom. The maximum Gasteiger partial charge on any atom is 0.359 e. The van der Waals surface area contributed by atoms with Crippen LogP contribution in [0.3, 0.4) is 0 Å². The zero-order valence-corrected chi connectivity index (χ0v) is 15.8. The van der Waals surface area contributed by atoms with Crippen LogP contribution in [0, 0.1) is 6.92 Å². The lowest BCUT2D eigenvalue weighted by Gasteiger charge is -2.11. The monoisotopic (exact) mass is 380 g/mol. The lowest BCUT2D eigenvalue weighted by atomic mass is 10.2. The number of imidazole rings is 1. The van der Waals surface area contributed by atoms with Gasteiger partial charge >= 0.3 is 5.97 Å². The Labute approximate surface area is 161 Å². The number of benzene rings is 1. The van der Waals surface area contributed by atoms with E-state index in [1.165, 1.54) is 4.90 Å². The number of carbonyl (C=O) groups is 3. The van der Waals surface area contributed by atoms with Crippen LogP contribution in [0.5, 0.6) is 0 Å². The summed E-state index contributed by atoms with van der Waals surface area (Å²) in [4.78, 5) is 41.7. The number of anilines is 1. The van der Waals surface area contributed by atoms with Gasteiger partial charge in [-0.05, 0) is 43.3 Å². The molecule has 0 fully saturated rings. The molecular weight excluding hydrogens is 360 g/mol. The molecule has 144 valence electrons. The van der Waals surface area contributed by atoms with E-state index in [1.807, 2.05) is 19.1 Å². The summed E-state index contributed by atoms with van der Waals surface area (Å²) in [7, 11) is 3.33. The summed E-state index contributed by atoms with van der Waals surface area (Å²) in [6, 6.07) is 12.0. The third-order valence-corrected chi connectivity index (χ3v) is 4.06. The summed E-state index contributed by atoms with van der Waals surface area (Å²) in [6.07, 6.45) is 1.57. The zero-order chi connectivity index (χ0) is 20.3. The molecule has 8 heteroatoms. The molecule has 2 aromatic heterocycles. The molecule has 0 radical (unpaired) electrons. The van der Waals surface area contributed by atoms with Gasteiger partial charge in [0.25, 0.3) is 11.8 Å². The van der Waals surface area contributed by atoms with Crippen LogP contribution in [-0.2, 0) is 9.53 Å². The van der Waals surface area contributed by atoms with Crippen molar-refractivity contribution in [1.29, 1.82) is 0 Å². The van der Waals surface area contributed by atoms with Crippen molar-refractivity contribution in [2.24, 2.45) is 0 Å². The molecule has 0 atom stereocenters. The molecule has 1 aromatic carbocycles. The summed E-state index contributed by atoms with van der Waals surface area (Å²) in [5, 5.41) is 2.61. The molecule has 0 saturated carbocycles. The summed E-state index contributed by atoms with van der Waals surface area (Å²) in [5.74, 6) is -1.29. The summed E-state index contributed by atoms with van der Waals surface area (Å²) in [5.41, 5.74) is 2.70. The van der Waals surface area contributed by atoms with Gasteiger partial charge in [0.15, 0.2) is 12.3 Å². The van der Waals surface area contributed by atoms with E-state index in [0.29, 0.717) is 16.9 Å². The molecule has 0 aliphatic heterocycles. The van der Waals surface area contributed by atoms with E-state index in [2.05, 4.69) is 10.3 Å². The molecule has 1 N–H and O–H groups in total. The number of pyridine rings is 1. The Balaban J connectivity index is 1.57. The fourth-order valence-corrected chi connectivity index (χ4v) is 2.60. The van der Waals surface area contributed by atoms with Crippen molar-refractivity contribution in [3.8, 4) is 0 Å². The third-order valence-electron chi connectivity index (χ3n) is 4.06. The largest absolute Gasteiger partial charge is 0.451 e. The molecule has 0 unspecified atom stereocenters. The van der Waals surface area contributed by atoms with Crippen LogP contribution in [0.4, 0.5) is 5.69 Å². The van der Waals surface area contributed by atoms with Crippen LogP contribution in [0.25, 0.3) is 5.65 Å². The van der Waals surface area contributed by atoms with E-state index >= 15 is 0 Å². The van der Waals surface area contributed by atoms with Gasteiger partial charge in [0.05, 0.1) is 0 Å². The van der Waals surface area contributed by atoms with Crippen molar-refractivity contribution < 1.29 is 19.1 Å². The fraction of sp³-hybridized carbons (Fsp3) is 0.200. The van der Waals surface area contributed by atoms with E-state index in [1.54, 1.807) is 55.0 Å². The maximum absolute atomic E-state index is 12.1. The molecule has 0 bridgehead atoms.